The molecule has 176 valence electrons. The predicted octanol–water partition coefficient (Wildman–Crippen LogP) is 1.57. The van der Waals surface area contributed by atoms with Crippen molar-refractivity contribution in [3.8, 4) is 0 Å². The summed E-state index contributed by atoms with van der Waals surface area (Å²) < 4.78 is 53.9. The van der Waals surface area contributed by atoms with Crippen LogP contribution in [-0.4, -0.2) is 78.1 Å². The van der Waals surface area contributed by atoms with Crippen molar-refractivity contribution >= 4 is 37.5 Å². The van der Waals surface area contributed by atoms with Gasteiger partial charge < -0.3 is 4.84 Å². The molecule has 0 N–H and O–H groups in total. The lowest BCUT2D eigenvalue weighted by atomic mass is 10.1. The average Bonchev–Trinajstić information content (AvgIpc) is 3.41. The van der Waals surface area contributed by atoms with Crippen molar-refractivity contribution in [2.24, 2.45) is 5.16 Å². The van der Waals surface area contributed by atoms with Gasteiger partial charge in [-0.15, -0.1) is 9.19 Å². The van der Waals surface area contributed by atoms with Gasteiger partial charge in [0.25, 0.3) is 15.2 Å². The molecule has 0 saturated heterocycles. The van der Waals surface area contributed by atoms with Gasteiger partial charge in [0.2, 0.25) is 0 Å². The zero-order valence-corrected chi connectivity index (χ0v) is 20.5. The molecular formula is C18H25ClN6O5S2. The number of hydrogen-bond acceptors (Lipinski definition) is 8. The van der Waals surface area contributed by atoms with E-state index in [1.54, 1.807) is 38.1 Å². The zero-order chi connectivity index (χ0) is 23.7. The second kappa shape index (κ2) is 9.43. The number of nitrogens with zero attached hydrogens (tertiary/aromatic N) is 6. The number of aromatic nitrogens is 3. The molecule has 11 nitrogen and oxygen atoms in total. The summed E-state index contributed by atoms with van der Waals surface area (Å²) in [6, 6.07) is 6.62. The summed E-state index contributed by atoms with van der Waals surface area (Å²) >= 11 is 6.32. The molecule has 32 heavy (non-hydrogen) atoms. The second-order valence-electron chi connectivity index (χ2n) is 7.64. The van der Waals surface area contributed by atoms with Crippen LogP contribution in [-0.2, 0) is 25.1 Å². The smallest absolute Gasteiger partial charge is 0.323 e. The first-order valence-electron chi connectivity index (χ1n) is 9.78. The van der Waals surface area contributed by atoms with Gasteiger partial charge in [-0.05, 0) is 32.8 Å². The van der Waals surface area contributed by atoms with Crippen molar-refractivity contribution in [2.45, 2.75) is 44.0 Å². The monoisotopic (exact) mass is 504 g/mol. The minimum absolute atomic E-state index is 0.140. The van der Waals surface area contributed by atoms with Crippen LogP contribution in [0, 0.1) is 0 Å². The summed E-state index contributed by atoms with van der Waals surface area (Å²) in [5.74, 6) is 0. The summed E-state index contributed by atoms with van der Waals surface area (Å²) in [5, 5.41) is 7.67. The van der Waals surface area contributed by atoms with Gasteiger partial charge in [0.1, 0.15) is 18.1 Å². The van der Waals surface area contributed by atoms with Gasteiger partial charge in [-0.2, -0.15) is 17.0 Å². The highest BCUT2D eigenvalue weighted by atomic mass is 35.5. The minimum Gasteiger partial charge on any atom is -0.393 e. The summed E-state index contributed by atoms with van der Waals surface area (Å²) in [5.41, 5.74) is 0.851. The molecule has 0 spiro atoms. The van der Waals surface area contributed by atoms with E-state index in [2.05, 4.69) is 15.2 Å². The standard InChI is InChI=1S/C18H25ClN6O5S2/c1-13(2)30-22-17(15-7-5-6-8-16(15)19)11-24(14-9-10-14)31(26,27)18-20-12-25(21-18)32(28,29)23(3)4/h5-8,12-14H,9-11H2,1-4H3/b22-17+. The van der Waals surface area contributed by atoms with E-state index in [0.717, 1.165) is 10.6 Å². The van der Waals surface area contributed by atoms with Gasteiger partial charge in [-0.1, -0.05) is 35.0 Å². The Kier molecular flexibility index (Phi) is 7.25. The lowest BCUT2D eigenvalue weighted by Gasteiger charge is -2.21. The van der Waals surface area contributed by atoms with Crippen molar-refractivity contribution in [2.75, 3.05) is 20.6 Å². The fraction of sp³-hybridized carbons (Fsp3) is 0.500. The predicted molar refractivity (Wildman–Crippen MR) is 119 cm³/mol. The van der Waals surface area contributed by atoms with Crippen molar-refractivity contribution in [1.29, 1.82) is 0 Å². The number of oxime groups is 1. The van der Waals surface area contributed by atoms with Gasteiger partial charge in [0.15, 0.2) is 0 Å². The fourth-order valence-electron chi connectivity index (χ4n) is 2.68. The second-order valence-corrected chi connectivity index (χ2v) is 11.8. The summed E-state index contributed by atoms with van der Waals surface area (Å²) in [6.07, 6.45) is 1.93. The van der Waals surface area contributed by atoms with Gasteiger partial charge >= 0.3 is 10.2 Å². The van der Waals surface area contributed by atoms with Gasteiger partial charge in [-0.3, -0.25) is 0 Å². The first kappa shape index (κ1) is 24.6. The Bertz CT molecular complexity index is 1210. The molecule has 14 heteroatoms. The van der Waals surface area contributed by atoms with Crippen LogP contribution in [0.3, 0.4) is 0 Å². The van der Waals surface area contributed by atoms with Gasteiger partial charge in [0, 0.05) is 30.7 Å². The third-order valence-corrected chi connectivity index (χ3v) is 8.10. The molecule has 1 aromatic carbocycles. The topological polar surface area (TPSA) is 127 Å². The lowest BCUT2D eigenvalue weighted by molar-refractivity contribution is 0.0854. The van der Waals surface area contributed by atoms with Crippen molar-refractivity contribution < 1.29 is 21.7 Å². The maximum absolute atomic E-state index is 13.4. The molecule has 0 atom stereocenters. The number of halogens is 1. The molecule has 0 aliphatic heterocycles. The normalized spacial score (nSPS) is 15.7. The molecule has 1 heterocycles. The minimum atomic E-state index is -4.23. The third-order valence-electron chi connectivity index (χ3n) is 4.51. The maximum Gasteiger partial charge on any atom is 0.323 e. The quantitative estimate of drug-likeness (QED) is 0.355. The Morgan fingerprint density at radius 2 is 1.91 bits per heavy atom. The molecule has 1 aliphatic rings. The Hall–Kier alpha value is -2.06. The van der Waals surface area contributed by atoms with Crippen molar-refractivity contribution in [3.63, 3.8) is 0 Å². The fourth-order valence-corrected chi connectivity index (χ4v) is 5.14. The number of sulfonamides is 1. The molecule has 0 unspecified atom stereocenters. The number of benzene rings is 1. The van der Waals surface area contributed by atoms with Crippen LogP contribution >= 0.6 is 11.6 Å². The third kappa shape index (κ3) is 5.29. The van der Waals surface area contributed by atoms with E-state index in [4.69, 9.17) is 16.4 Å². The average molecular weight is 505 g/mol. The van der Waals surface area contributed by atoms with Crippen LogP contribution < -0.4 is 0 Å². The summed E-state index contributed by atoms with van der Waals surface area (Å²) in [4.78, 5) is 9.15. The molecule has 1 fully saturated rings. The summed E-state index contributed by atoms with van der Waals surface area (Å²) in [6.45, 7) is 3.45. The van der Waals surface area contributed by atoms with Crippen molar-refractivity contribution in [1.82, 2.24) is 22.8 Å². The van der Waals surface area contributed by atoms with Crippen molar-refractivity contribution in [3.05, 3.63) is 41.2 Å². The van der Waals surface area contributed by atoms with Crippen LogP contribution in [0.25, 0.3) is 0 Å². The lowest BCUT2D eigenvalue weighted by Crippen LogP contribution is -2.39. The number of rotatable bonds is 10. The first-order valence-corrected chi connectivity index (χ1v) is 13.0. The molecule has 2 aromatic rings. The first-order chi connectivity index (χ1) is 14.9. The van der Waals surface area contributed by atoms with Gasteiger partial charge in [-0.25, -0.2) is 13.4 Å². The Balaban J connectivity index is 1.99. The van der Waals surface area contributed by atoms with E-state index < -0.39 is 25.4 Å². The molecule has 1 saturated carbocycles. The Morgan fingerprint density at radius 1 is 1.25 bits per heavy atom. The van der Waals surface area contributed by atoms with E-state index in [9.17, 15) is 16.8 Å². The van der Waals surface area contributed by atoms with E-state index in [1.807, 2.05) is 0 Å². The molecule has 3 rings (SSSR count). The highest BCUT2D eigenvalue weighted by Gasteiger charge is 2.41. The Morgan fingerprint density at radius 3 is 2.47 bits per heavy atom. The molecule has 0 bridgehead atoms. The van der Waals surface area contributed by atoms with Crippen LogP contribution in [0.1, 0.15) is 32.3 Å². The Labute approximate surface area is 192 Å². The number of hydrogen-bond donors (Lipinski definition) is 0. The van der Waals surface area contributed by atoms with Gasteiger partial charge in [0.05, 0.1) is 6.54 Å². The summed E-state index contributed by atoms with van der Waals surface area (Å²) in [7, 11) is -5.62. The maximum atomic E-state index is 13.4. The van der Waals surface area contributed by atoms with Crippen LogP contribution in [0.4, 0.5) is 0 Å². The zero-order valence-electron chi connectivity index (χ0n) is 18.1. The van der Waals surface area contributed by atoms with Crippen LogP contribution in [0.15, 0.2) is 40.9 Å². The van der Waals surface area contributed by atoms with E-state index in [0.29, 0.717) is 33.2 Å². The highest BCUT2D eigenvalue weighted by Crippen LogP contribution is 2.32. The van der Waals surface area contributed by atoms with E-state index in [1.165, 1.54) is 18.4 Å². The molecule has 1 aliphatic carbocycles. The molecule has 0 amide bonds. The molecular weight excluding hydrogens is 480 g/mol. The van der Waals surface area contributed by atoms with E-state index >= 15 is 0 Å². The molecule has 0 radical (unpaired) electrons. The highest BCUT2D eigenvalue weighted by molar-refractivity contribution is 7.89. The van der Waals surface area contributed by atoms with Crippen LogP contribution in [0.2, 0.25) is 5.02 Å². The molecule has 1 aromatic heterocycles. The van der Waals surface area contributed by atoms with E-state index in [-0.39, 0.29) is 18.7 Å². The van der Waals surface area contributed by atoms with Crippen LogP contribution in [0.5, 0.6) is 0 Å². The largest absolute Gasteiger partial charge is 0.393 e. The SMILES string of the molecule is CC(C)O/N=C(\CN(C1CC1)S(=O)(=O)c1ncn(S(=O)(=O)N(C)C)n1)c1ccccc1Cl.